The van der Waals surface area contributed by atoms with Crippen molar-refractivity contribution in [3.8, 4) is 0 Å². The van der Waals surface area contributed by atoms with Gasteiger partial charge in [0.2, 0.25) is 11.8 Å². The normalized spacial score (nSPS) is 12.1. The highest BCUT2D eigenvalue weighted by Gasteiger charge is 2.28. The Morgan fingerprint density at radius 2 is 1.41 bits per heavy atom. The first-order chi connectivity index (χ1) is 17.5. The number of carbonyl (C=O) groups is 5. The minimum absolute atomic E-state index is 0.0399. The molecule has 214 valence electrons. The van der Waals surface area contributed by atoms with E-state index in [1.807, 2.05) is 6.92 Å². The Hall–Kier alpha value is -2.21. The molecule has 0 unspecified atom stereocenters. The van der Waals surface area contributed by atoms with Crippen LogP contribution < -0.4 is 16.4 Å². The summed E-state index contributed by atoms with van der Waals surface area (Å²) in [5.41, 5.74) is 4.85. The van der Waals surface area contributed by atoms with Crippen LogP contribution in [0.25, 0.3) is 0 Å². The second-order valence-electron chi connectivity index (χ2n) is 9.63. The standard InChI is InChI=1S/C26H47N3O8/c1-5-13-36-18-25(34)29-12-14-35-15-16-37-19-24(33)28-11-7-6-8-21(17-23(32)26(3,4)27)22(31)10-9-20(2)30/h21H,5-19,27H2,1-4H3,(H,28,33)(H,29,34)/t21-/m1/s1. The lowest BCUT2D eigenvalue weighted by molar-refractivity contribution is -0.131. The summed E-state index contributed by atoms with van der Waals surface area (Å²) < 4.78 is 15.7. The smallest absolute Gasteiger partial charge is 0.246 e. The number of carbonyl (C=O) groups excluding carboxylic acids is 5. The minimum atomic E-state index is -1.02. The Labute approximate surface area is 220 Å². The van der Waals surface area contributed by atoms with Crippen LogP contribution in [0.1, 0.15) is 72.6 Å². The van der Waals surface area contributed by atoms with Gasteiger partial charge in [0.15, 0.2) is 5.78 Å². The molecule has 0 aliphatic heterocycles. The van der Waals surface area contributed by atoms with E-state index in [-0.39, 0.29) is 68.2 Å². The van der Waals surface area contributed by atoms with Crippen molar-refractivity contribution in [2.45, 2.75) is 78.2 Å². The number of rotatable bonds is 24. The first-order valence-electron chi connectivity index (χ1n) is 13.1. The number of nitrogens with one attached hydrogen (secondary N) is 2. The molecule has 0 fully saturated rings. The Kier molecular flexibility index (Phi) is 19.6. The Balaban J connectivity index is 3.98. The van der Waals surface area contributed by atoms with Crippen LogP contribution in [-0.4, -0.2) is 87.4 Å². The third-order valence-electron chi connectivity index (χ3n) is 5.39. The number of nitrogens with two attached hydrogens (primary N) is 1. The zero-order valence-corrected chi connectivity index (χ0v) is 23.0. The van der Waals surface area contributed by atoms with Gasteiger partial charge in [-0.2, -0.15) is 0 Å². The average molecular weight is 530 g/mol. The van der Waals surface area contributed by atoms with E-state index in [2.05, 4.69) is 10.6 Å². The molecule has 11 heteroatoms. The quantitative estimate of drug-likeness (QED) is 0.155. The van der Waals surface area contributed by atoms with Crippen LogP contribution in [0.3, 0.4) is 0 Å². The van der Waals surface area contributed by atoms with Crippen LogP contribution >= 0.6 is 0 Å². The Bertz CT molecular complexity index is 706. The summed E-state index contributed by atoms with van der Waals surface area (Å²) in [6.45, 7) is 8.80. The van der Waals surface area contributed by atoms with E-state index < -0.39 is 11.5 Å². The van der Waals surface area contributed by atoms with E-state index in [1.54, 1.807) is 13.8 Å². The molecule has 0 bridgehead atoms. The van der Waals surface area contributed by atoms with Crippen molar-refractivity contribution in [3.05, 3.63) is 0 Å². The number of amides is 2. The molecule has 0 aromatic rings. The van der Waals surface area contributed by atoms with Crippen LogP contribution in [-0.2, 0) is 38.2 Å². The van der Waals surface area contributed by atoms with Gasteiger partial charge in [0.25, 0.3) is 0 Å². The molecule has 0 aromatic carbocycles. The van der Waals surface area contributed by atoms with Crippen molar-refractivity contribution in [2.24, 2.45) is 11.7 Å². The number of unbranched alkanes of at least 4 members (excludes halogenated alkanes) is 1. The van der Waals surface area contributed by atoms with Gasteiger partial charge in [0.05, 0.1) is 25.4 Å². The molecule has 0 spiro atoms. The van der Waals surface area contributed by atoms with Crippen molar-refractivity contribution >= 4 is 29.2 Å². The molecule has 0 aliphatic carbocycles. The summed E-state index contributed by atoms with van der Waals surface area (Å²) in [5.74, 6) is -1.27. The SMILES string of the molecule is CCCOCC(=O)NCCOCCOCC(=O)NCCCC[C@H](CC(=O)C(C)(C)N)C(=O)CCC(C)=O. The maximum absolute atomic E-state index is 12.5. The Morgan fingerprint density at radius 1 is 0.811 bits per heavy atom. The number of ether oxygens (including phenoxy) is 3. The maximum atomic E-state index is 12.5. The second kappa shape index (κ2) is 20.8. The van der Waals surface area contributed by atoms with Crippen LogP contribution in [0.5, 0.6) is 0 Å². The maximum Gasteiger partial charge on any atom is 0.246 e. The summed E-state index contributed by atoms with van der Waals surface area (Å²) in [4.78, 5) is 59.4. The zero-order valence-electron chi connectivity index (χ0n) is 23.0. The van der Waals surface area contributed by atoms with Gasteiger partial charge in [-0.3, -0.25) is 19.2 Å². The highest BCUT2D eigenvalue weighted by Crippen LogP contribution is 2.20. The third-order valence-corrected chi connectivity index (χ3v) is 5.39. The van der Waals surface area contributed by atoms with Gasteiger partial charge in [-0.05, 0) is 40.0 Å². The first kappa shape index (κ1) is 34.8. The minimum Gasteiger partial charge on any atom is -0.377 e. The highest BCUT2D eigenvalue weighted by molar-refractivity contribution is 5.93. The summed E-state index contributed by atoms with van der Waals surface area (Å²) in [6, 6.07) is 0. The molecule has 11 nitrogen and oxygen atoms in total. The summed E-state index contributed by atoms with van der Waals surface area (Å²) in [7, 11) is 0. The van der Waals surface area contributed by atoms with Crippen LogP contribution in [0.4, 0.5) is 0 Å². The lowest BCUT2D eigenvalue weighted by Crippen LogP contribution is -2.43. The monoisotopic (exact) mass is 529 g/mol. The lowest BCUT2D eigenvalue weighted by atomic mass is 9.85. The molecule has 0 saturated carbocycles. The average Bonchev–Trinajstić information content (AvgIpc) is 2.82. The van der Waals surface area contributed by atoms with Gasteiger partial charge in [0.1, 0.15) is 24.8 Å². The molecule has 0 aliphatic rings. The Morgan fingerprint density at radius 3 is 2.00 bits per heavy atom. The molecule has 0 saturated heterocycles. The molecule has 0 heterocycles. The van der Waals surface area contributed by atoms with Crippen molar-refractivity contribution < 1.29 is 38.2 Å². The fourth-order valence-corrected chi connectivity index (χ4v) is 3.17. The first-order valence-corrected chi connectivity index (χ1v) is 13.1. The number of hydrogen-bond acceptors (Lipinski definition) is 9. The van der Waals surface area contributed by atoms with E-state index in [1.165, 1.54) is 6.92 Å². The number of Topliss-reactive ketones (excluding diaryl/α,β-unsaturated/α-hetero) is 3. The van der Waals surface area contributed by atoms with E-state index in [0.717, 1.165) is 6.42 Å². The molecular formula is C26H47N3O8. The molecule has 37 heavy (non-hydrogen) atoms. The number of hydrogen-bond donors (Lipinski definition) is 3. The lowest BCUT2D eigenvalue weighted by Gasteiger charge is -2.21. The van der Waals surface area contributed by atoms with E-state index >= 15 is 0 Å². The molecule has 0 radical (unpaired) electrons. The zero-order chi connectivity index (χ0) is 28.1. The van der Waals surface area contributed by atoms with E-state index in [9.17, 15) is 24.0 Å². The fraction of sp³-hybridized carbons (Fsp3) is 0.808. The van der Waals surface area contributed by atoms with Crippen LogP contribution in [0.15, 0.2) is 0 Å². The van der Waals surface area contributed by atoms with Crippen molar-refractivity contribution in [1.29, 1.82) is 0 Å². The molecule has 1 atom stereocenters. The largest absolute Gasteiger partial charge is 0.377 e. The second-order valence-corrected chi connectivity index (χ2v) is 9.63. The van der Waals surface area contributed by atoms with Gasteiger partial charge in [-0.15, -0.1) is 0 Å². The molecular weight excluding hydrogens is 482 g/mol. The van der Waals surface area contributed by atoms with Crippen molar-refractivity contribution in [2.75, 3.05) is 52.7 Å². The van der Waals surface area contributed by atoms with Crippen LogP contribution in [0.2, 0.25) is 0 Å². The van der Waals surface area contributed by atoms with E-state index in [4.69, 9.17) is 19.9 Å². The summed E-state index contributed by atoms with van der Waals surface area (Å²) in [5, 5.41) is 5.43. The fourth-order valence-electron chi connectivity index (χ4n) is 3.17. The van der Waals surface area contributed by atoms with Crippen molar-refractivity contribution in [1.82, 2.24) is 10.6 Å². The predicted molar refractivity (Wildman–Crippen MR) is 139 cm³/mol. The molecule has 0 rings (SSSR count). The number of ketones is 3. The van der Waals surface area contributed by atoms with Gasteiger partial charge < -0.3 is 35.4 Å². The topological polar surface area (TPSA) is 163 Å². The highest BCUT2D eigenvalue weighted by atomic mass is 16.5. The van der Waals surface area contributed by atoms with Gasteiger partial charge in [-0.1, -0.05) is 13.3 Å². The molecule has 0 aromatic heterocycles. The van der Waals surface area contributed by atoms with Gasteiger partial charge in [0, 0.05) is 44.9 Å². The molecule has 4 N–H and O–H groups in total. The third kappa shape index (κ3) is 20.5. The summed E-state index contributed by atoms with van der Waals surface area (Å²) in [6.07, 6.45) is 2.99. The predicted octanol–water partition coefficient (Wildman–Crippen LogP) is 1.10. The van der Waals surface area contributed by atoms with E-state index in [0.29, 0.717) is 52.2 Å². The van der Waals surface area contributed by atoms with Crippen LogP contribution in [0, 0.1) is 5.92 Å². The van der Waals surface area contributed by atoms with Crippen molar-refractivity contribution in [3.63, 3.8) is 0 Å². The van der Waals surface area contributed by atoms with Gasteiger partial charge in [-0.25, -0.2) is 0 Å². The summed E-state index contributed by atoms with van der Waals surface area (Å²) >= 11 is 0. The van der Waals surface area contributed by atoms with Gasteiger partial charge >= 0.3 is 0 Å². The molecule has 2 amide bonds.